The van der Waals surface area contributed by atoms with Crippen LogP contribution in [0.25, 0.3) is 11.3 Å². The summed E-state index contributed by atoms with van der Waals surface area (Å²) in [5.41, 5.74) is 1.57. The number of benzene rings is 1. The van der Waals surface area contributed by atoms with Crippen molar-refractivity contribution in [1.29, 1.82) is 0 Å². The Morgan fingerprint density at radius 1 is 1.21 bits per heavy atom. The van der Waals surface area contributed by atoms with Gasteiger partial charge in [-0.25, -0.2) is 4.39 Å². The highest BCUT2D eigenvalue weighted by Crippen LogP contribution is 2.38. The molecule has 1 spiro atoms. The summed E-state index contributed by atoms with van der Waals surface area (Å²) in [6.07, 6.45) is 2.53. The molecule has 1 aromatic carbocycles. The molecule has 24 heavy (non-hydrogen) atoms. The lowest BCUT2D eigenvalue weighted by Gasteiger charge is -2.23. The quantitative estimate of drug-likeness (QED) is 0.923. The van der Waals surface area contributed by atoms with E-state index in [0.717, 1.165) is 31.5 Å². The third-order valence-corrected chi connectivity index (χ3v) is 5.22. The van der Waals surface area contributed by atoms with E-state index in [1.54, 1.807) is 17.0 Å². The molecule has 2 aliphatic rings. The van der Waals surface area contributed by atoms with E-state index in [0.29, 0.717) is 11.3 Å². The molecular formula is C19H20FN3O. The van der Waals surface area contributed by atoms with Crippen LogP contribution in [0.3, 0.4) is 0 Å². The van der Waals surface area contributed by atoms with Crippen molar-refractivity contribution < 1.29 is 9.18 Å². The van der Waals surface area contributed by atoms with Gasteiger partial charge in [-0.1, -0.05) is 18.2 Å². The second kappa shape index (κ2) is 5.67. The average molecular weight is 325 g/mol. The first-order valence-electron chi connectivity index (χ1n) is 8.34. The summed E-state index contributed by atoms with van der Waals surface area (Å²) in [5.74, 6) is -0.0964. The van der Waals surface area contributed by atoms with Crippen molar-refractivity contribution in [3.63, 3.8) is 0 Å². The summed E-state index contributed by atoms with van der Waals surface area (Å²) in [6, 6.07) is 12.4. The molecule has 1 N–H and O–H groups in total. The molecule has 2 fully saturated rings. The SMILES string of the molecule is CN1CC[C@@]2(CC[C@H](c3cccc(-c4ccccc4F)n3)N2)C1=O. The minimum absolute atomic E-state index is 0.0344. The van der Waals surface area contributed by atoms with Crippen LogP contribution < -0.4 is 5.32 Å². The van der Waals surface area contributed by atoms with E-state index < -0.39 is 5.54 Å². The summed E-state index contributed by atoms with van der Waals surface area (Å²) in [7, 11) is 1.85. The number of hydrogen-bond donors (Lipinski definition) is 1. The number of likely N-dealkylation sites (tertiary alicyclic amines) is 1. The lowest BCUT2D eigenvalue weighted by atomic mass is 9.96. The summed E-state index contributed by atoms with van der Waals surface area (Å²) in [6.45, 7) is 0.793. The molecule has 1 aromatic heterocycles. The van der Waals surface area contributed by atoms with Gasteiger partial charge in [0.05, 0.1) is 17.4 Å². The topological polar surface area (TPSA) is 45.2 Å². The van der Waals surface area contributed by atoms with E-state index in [1.165, 1.54) is 6.07 Å². The summed E-state index contributed by atoms with van der Waals surface area (Å²) >= 11 is 0. The smallest absolute Gasteiger partial charge is 0.242 e. The van der Waals surface area contributed by atoms with Gasteiger partial charge < -0.3 is 4.90 Å². The van der Waals surface area contributed by atoms with Gasteiger partial charge in [-0.15, -0.1) is 0 Å². The van der Waals surface area contributed by atoms with Gasteiger partial charge >= 0.3 is 0 Å². The minimum atomic E-state index is -0.435. The van der Waals surface area contributed by atoms with E-state index in [1.807, 2.05) is 31.3 Å². The highest BCUT2D eigenvalue weighted by molar-refractivity contribution is 5.88. The first-order chi connectivity index (χ1) is 11.6. The molecule has 0 unspecified atom stereocenters. The number of rotatable bonds is 2. The van der Waals surface area contributed by atoms with Crippen molar-refractivity contribution >= 4 is 5.91 Å². The number of halogens is 1. The molecular weight excluding hydrogens is 305 g/mol. The van der Waals surface area contributed by atoms with E-state index >= 15 is 0 Å². The number of aromatic nitrogens is 1. The second-order valence-corrected chi connectivity index (χ2v) is 6.72. The lowest BCUT2D eigenvalue weighted by Crippen LogP contribution is -2.47. The van der Waals surface area contributed by atoms with Crippen LogP contribution in [0.15, 0.2) is 42.5 Å². The van der Waals surface area contributed by atoms with Crippen LogP contribution in [0.5, 0.6) is 0 Å². The van der Waals surface area contributed by atoms with Crippen LogP contribution >= 0.6 is 0 Å². The van der Waals surface area contributed by atoms with Gasteiger partial charge in [0.2, 0.25) is 5.91 Å². The molecule has 2 atom stereocenters. The molecule has 1 amide bonds. The normalized spacial score (nSPS) is 26.5. The van der Waals surface area contributed by atoms with Crippen molar-refractivity contribution in [1.82, 2.24) is 15.2 Å². The molecule has 124 valence electrons. The van der Waals surface area contributed by atoms with Crippen LogP contribution in [0.1, 0.15) is 31.0 Å². The highest BCUT2D eigenvalue weighted by atomic mass is 19.1. The third kappa shape index (κ3) is 2.40. The summed E-state index contributed by atoms with van der Waals surface area (Å²) in [4.78, 5) is 18.9. The van der Waals surface area contributed by atoms with Crippen molar-refractivity contribution in [3.8, 4) is 11.3 Å². The first-order valence-corrected chi connectivity index (χ1v) is 8.34. The van der Waals surface area contributed by atoms with Crippen LogP contribution in [0, 0.1) is 5.82 Å². The number of nitrogens with one attached hydrogen (secondary N) is 1. The van der Waals surface area contributed by atoms with Gasteiger partial charge in [-0.3, -0.25) is 15.1 Å². The fourth-order valence-corrected chi connectivity index (χ4v) is 3.85. The van der Waals surface area contributed by atoms with Crippen molar-refractivity contribution in [2.45, 2.75) is 30.8 Å². The molecule has 0 radical (unpaired) electrons. The van der Waals surface area contributed by atoms with Gasteiger partial charge in [0.15, 0.2) is 0 Å². The van der Waals surface area contributed by atoms with E-state index in [2.05, 4.69) is 10.3 Å². The molecule has 2 aliphatic heterocycles. The van der Waals surface area contributed by atoms with Crippen LogP contribution in [0.2, 0.25) is 0 Å². The average Bonchev–Trinajstić information content (AvgIpc) is 3.16. The predicted octanol–water partition coefficient (Wildman–Crippen LogP) is 2.91. The molecule has 4 rings (SSSR count). The minimum Gasteiger partial charge on any atom is -0.344 e. The second-order valence-electron chi connectivity index (χ2n) is 6.72. The Morgan fingerprint density at radius 2 is 2.04 bits per heavy atom. The third-order valence-electron chi connectivity index (χ3n) is 5.22. The van der Waals surface area contributed by atoms with Crippen LogP contribution in [0.4, 0.5) is 4.39 Å². The number of amides is 1. The summed E-state index contributed by atoms with van der Waals surface area (Å²) < 4.78 is 14.0. The monoisotopic (exact) mass is 325 g/mol. The molecule has 3 heterocycles. The molecule has 2 saturated heterocycles. The zero-order chi connectivity index (χ0) is 16.7. The largest absolute Gasteiger partial charge is 0.344 e. The Kier molecular flexibility index (Phi) is 3.61. The number of likely N-dealkylation sites (N-methyl/N-ethyl adjacent to an activating group) is 1. The van der Waals surface area contributed by atoms with Gasteiger partial charge in [0.1, 0.15) is 11.4 Å². The molecule has 4 nitrogen and oxygen atoms in total. The molecule has 0 bridgehead atoms. The fraction of sp³-hybridized carbons (Fsp3) is 0.368. The van der Waals surface area contributed by atoms with Crippen LogP contribution in [-0.2, 0) is 4.79 Å². The fourth-order valence-electron chi connectivity index (χ4n) is 3.85. The number of carbonyl (C=O) groups is 1. The lowest BCUT2D eigenvalue weighted by molar-refractivity contribution is -0.131. The van der Waals surface area contributed by atoms with Gasteiger partial charge in [0.25, 0.3) is 0 Å². The molecule has 0 aliphatic carbocycles. The van der Waals surface area contributed by atoms with Crippen molar-refractivity contribution in [2.75, 3.05) is 13.6 Å². The zero-order valence-corrected chi connectivity index (χ0v) is 13.6. The number of hydrogen-bond acceptors (Lipinski definition) is 3. The van der Waals surface area contributed by atoms with E-state index in [9.17, 15) is 9.18 Å². The van der Waals surface area contributed by atoms with E-state index in [4.69, 9.17) is 0 Å². The molecule has 2 aromatic rings. The molecule has 5 heteroatoms. The Morgan fingerprint density at radius 3 is 2.79 bits per heavy atom. The van der Waals surface area contributed by atoms with Crippen molar-refractivity contribution in [3.05, 3.63) is 54.0 Å². The molecule has 0 saturated carbocycles. The van der Waals surface area contributed by atoms with Gasteiger partial charge in [-0.2, -0.15) is 0 Å². The number of nitrogens with zero attached hydrogens (tertiary/aromatic N) is 2. The zero-order valence-electron chi connectivity index (χ0n) is 13.6. The van der Waals surface area contributed by atoms with Crippen LogP contribution in [-0.4, -0.2) is 34.9 Å². The highest BCUT2D eigenvalue weighted by Gasteiger charge is 2.50. The Labute approximate surface area is 140 Å². The maximum absolute atomic E-state index is 14.0. The standard InChI is InChI=1S/C19H20FN3O/c1-23-12-11-19(18(23)24)10-9-17(22-19)16-8-4-7-15(21-16)13-5-2-3-6-14(13)20/h2-8,17,22H,9-12H2,1H3/t17-,19+/m1/s1. The Balaban J connectivity index is 1.62. The van der Waals surface area contributed by atoms with Gasteiger partial charge in [0, 0.05) is 19.2 Å². The van der Waals surface area contributed by atoms with E-state index in [-0.39, 0.29) is 17.8 Å². The maximum Gasteiger partial charge on any atom is 0.242 e. The predicted molar refractivity (Wildman–Crippen MR) is 89.7 cm³/mol. The van der Waals surface area contributed by atoms with Gasteiger partial charge in [-0.05, 0) is 43.5 Å². The number of carbonyl (C=O) groups excluding carboxylic acids is 1. The maximum atomic E-state index is 14.0. The Hall–Kier alpha value is -2.27. The van der Waals surface area contributed by atoms with Crippen molar-refractivity contribution in [2.24, 2.45) is 0 Å². The Bertz CT molecular complexity index is 794. The summed E-state index contributed by atoms with van der Waals surface area (Å²) in [5, 5.41) is 3.51. The first kappa shape index (κ1) is 15.3. The number of pyridine rings is 1.